The molecular weight excluding hydrogens is 482 g/mol. The molecule has 9 heteroatoms. The van der Waals surface area contributed by atoms with Crippen LogP contribution in [-0.4, -0.2) is 29.4 Å². The van der Waals surface area contributed by atoms with Crippen LogP contribution in [0.15, 0.2) is 66.7 Å². The molecule has 3 amide bonds. The minimum atomic E-state index is -0.503. The molecule has 3 aromatic carbocycles. The maximum Gasteiger partial charge on any atom is 0.323 e. The van der Waals surface area contributed by atoms with Gasteiger partial charge >= 0.3 is 6.03 Å². The van der Waals surface area contributed by atoms with Crippen LogP contribution in [0, 0.1) is 10.1 Å². The van der Waals surface area contributed by atoms with Crippen LogP contribution in [-0.2, 0) is 13.0 Å². The van der Waals surface area contributed by atoms with Gasteiger partial charge in [-0.3, -0.25) is 14.9 Å². The van der Waals surface area contributed by atoms with E-state index in [2.05, 4.69) is 39.0 Å². The number of nitrogens with zero attached hydrogens (tertiary/aromatic N) is 2. The predicted octanol–water partition coefficient (Wildman–Crippen LogP) is 5.86. The number of fused-ring (bicyclic) bond motifs is 1. The minimum Gasteiger partial charge on any atom is -0.366 e. The Morgan fingerprint density at radius 2 is 1.55 bits per heavy atom. The van der Waals surface area contributed by atoms with Crippen molar-refractivity contribution in [3.63, 3.8) is 0 Å². The Balaban J connectivity index is 1.35. The van der Waals surface area contributed by atoms with E-state index in [1.165, 1.54) is 41.8 Å². The molecule has 38 heavy (non-hydrogen) atoms. The largest absolute Gasteiger partial charge is 0.366 e. The molecule has 3 N–H and O–H groups in total. The lowest BCUT2D eigenvalue weighted by Crippen LogP contribution is -2.38. The van der Waals surface area contributed by atoms with Crippen LogP contribution >= 0.6 is 0 Å². The van der Waals surface area contributed by atoms with E-state index in [0.29, 0.717) is 23.5 Å². The highest BCUT2D eigenvalue weighted by Crippen LogP contribution is 2.30. The molecule has 3 aromatic rings. The Morgan fingerprint density at radius 1 is 0.868 bits per heavy atom. The van der Waals surface area contributed by atoms with E-state index < -0.39 is 11.0 Å². The number of amides is 3. The highest BCUT2D eigenvalue weighted by atomic mass is 16.6. The third-order valence-electron chi connectivity index (χ3n) is 7.25. The number of hydrogen-bond donors (Lipinski definition) is 3. The maximum atomic E-state index is 13.5. The molecule has 0 saturated heterocycles. The molecule has 1 fully saturated rings. The summed E-state index contributed by atoms with van der Waals surface area (Å²) in [5, 5.41) is 19.5. The zero-order valence-electron chi connectivity index (χ0n) is 21.1. The number of rotatable bonds is 6. The van der Waals surface area contributed by atoms with Gasteiger partial charge in [-0.1, -0.05) is 43.5 Å². The summed E-state index contributed by atoms with van der Waals surface area (Å²) in [4.78, 5) is 38.8. The second-order valence-electron chi connectivity index (χ2n) is 9.86. The van der Waals surface area contributed by atoms with Gasteiger partial charge in [0.25, 0.3) is 11.6 Å². The molecule has 0 unspecified atom stereocenters. The third kappa shape index (κ3) is 5.94. The monoisotopic (exact) mass is 513 g/mol. The van der Waals surface area contributed by atoms with Crippen molar-refractivity contribution in [3.8, 4) is 0 Å². The molecule has 1 saturated carbocycles. The SMILES string of the molecule is O=C(Nc1ccc([N+](=O)[O-])cc1)Nc1ccc(N2CCc3ccccc3C2)c(C(=O)NC2CCCCC2)c1. The zero-order chi connectivity index (χ0) is 26.5. The number of carbonyl (C=O) groups excluding carboxylic acids is 2. The van der Waals surface area contributed by atoms with E-state index in [4.69, 9.17) is 0 Å². The molecule has 9 nitrogen and oxygen atoms in total. The summed E-state index contributed by atoms with van der Waals surface area (Å²) < 4.78 is 0. The molecule has 0 radical (unpaired) electrons. The van der Waals surface area contributed by atoms with Crippen molar-refractivity contribution in [3.05, 3.63) is 93.5 Å². The lowest BCUT2D eigenvalue weighted by molar-refractivity contribution is -0.384. The average Bonchev–Trinajstić information content (AvgIpc) is 2.93. The minimum absolute atomic E-state index is 0.0551. The maximum absolute atomic E-state index is 13.5. The number of urea groups is 1. The van der Waals surface area contributed by atoms with Gasteiger partial charge in [0, 0.05) is 48.3 Å². The number of hydrogen-bond acceptors (Lipinski definition) is 5. The normalized spacial score (nSPS) is 15.3. The number of nitro benzene ring substituents is 1. The van der Waals surface area contributed by atoms with E-state index in [1.54, 1.807) is 12.1 Å². The summed E-state index contributed by atoms with van der Waals surface area (Å²) in [6.45, 7) is 1.52. The fourth-order valence-electron chi connectivity index (χ4n) is 5.24. The fourth-order valence-corrected chi connectivity index (χ4v) is 5.24. The van der Waals surface area contributed by atoms with Crippen molar-refractivity contribution in [2.75, 3.05) is 22.1 Å². The van der Waals surface area contributed by atoms with Gasteiger partial charge in [0.2, 0.25) is 0 Å². The highest BCUT2D eigenvalue weighted by molar-refractivity contribution is 6.04. The Morgan fingerprint density at radius 3 is 2.29 bits per heavy atom. The van der Waals surface area contributed by atoms with Gasteiger partial charge in [-0.15, -0.1) is 0 Å². The molecule has 196 valence electrons. The van der Waals surface area contributed by atoms with Gasteiger partial charge in [-0.05, 0) is 60.7 Å². The van der Waals surface area contributed by atoms with Crippen molar-refractivity contribution in [1.29, 1.82) is 0 Å². The molecule has 5 rings (SSSR count). The fraction of sp³-hybridized carbons (Fsp3) is 0.310. The topological polar surface area (TPSA) is 117 Å². The lowest BCUT2D eigenvalue weighted by atomic mass is 9.95. The van der Waals surface area contributed by atoms with Crippen LogP contribution in [0.3, 0.4) is 0 Å². The van der Waals surface area contributed by atoms with Gasteiger partial charge in [0.1, 0.15) is 0 Å². The summed E-state index contributed by atoms with van der Waals surface area (Å²) in [5.41, 5.74) is 4.81. The van der Waals surface area contributed by atoms with Crippen molar-refractivity contribution >= 4 is 34.7 Å². The molecule has 0 atom stereocenters. The molecular formula is C29H31N5O4. The summed E-state index contributed by atoms with van der Waals surface area (Å²) in [5.74, 6) is -0.134. The van der Waals surface area contributed by atoms with Crippen LogP contribution in [0.2, 0.25) is 0 Å². The van der Waals surface area contributed by atoms with E-state index in [0.717, 1.165) is 44.3 Å². The van der Waals surface area contributed by atoms with E-state index >= 15 is 0 Å². The molecule has 0 aromatic heterocycles. The van der Waals surface area contributed by atoms with Crippen molar-refractivity contribution < 1.29 is 14.5 Å². The van der Waals surface area contributed by atoms with Gasteiger partial charge in [0.05, 0.1) is 10.5 Å². The second kappa shape index (κ2) is 11.3. The van der Waals surface area contributed by atoms with E-state index in [-0.39, 0.29) is 17.6 Å². The molecule has 0 spiro atoms. The third-order valence-corrected chi connectivity index (χ3v) is 7.25. The molecule has 1 heterocycles. The lowest BCUT2D eigenvalue weighted by Gasteiger charge is -2.32. The van der Waals surface area contributed by atoms with Gasteiger partial charge in [0.15, 0.2) is 0 Å². The smallest absolute Gasteiger partial charge is 0.323 e. The van der Waals surface area contributed by atoms with Crippen molar-refractivity contribution in [2.45, 2.75) is 51.1 Å². The number of non-ortho nitro benzene ring substituents is 1. The number of nitro groups is 1. The van der Waals surface area contributed by atoms with Crippen LogP contribution in [0.5, 0.6) is 0 Å². The predicted molar refractivity (Wildman–Crippen MR) is 148 cm³/mol. The van der Waals surface area contributed by atoms with Crippen molar-refractivity contribution in [1.82, 2.24) is 5.32 Å². The molecule has 1 aliphatic carbocycles. The number of nitrogens with one attached hydrogen (secondary N) is 3. The van der Waals surface area contributed by atoms with Crippen molar-refractivity contribution in [2.24, 2.45) is 0 Å². The average molecular weight is 514 g/mol. The summed E-state index contributed by atoms with van der Waals surface area (Å²) in [7, 11) is 0. The van der Waals surface area contributed by atoms with Crippen LogP contribution in [0.4, 0.5) is 27.5 Å². The quantitative estimate of drug-likeness (QED) is 0.282. The van der Waals surface area contributed by atoms with E-state index in [9.17, 15) is 19.7 Å². The number of carbonyl (C=O) groups is 2. The molecule has 1 aliphatic heterocycles. The standard InChI is InChI=1S/C29H31N5O4/c35-28(30-22-8-2-1-3-9-22)26-18-24(32-29(36)31-23-10-13-25(14-11-23)34(37)38)12-15-27(26)33-17-16-20-6-4-5-7-21(20)19-33/h4-7,10-15,18,22H,1-3,8-9,16-17,19H2,(H,30,35)(H2,31,32,36). The summed E-state index contributed by atoms with van der Waals surface area (Å²) >= 11 is 0. The second-order valence-corrected chi connectivity index (χ2v) is 9.86. The Bertz CT molecular complexity index is 1340. The summed E-state index contributed by atoms with van der Waals surface area (Å²) in [6, 6.07) is 19.0. The van der Waals surface area contributed by atoms with Gasteiger partial charge < -0.3 is 20.9 Å². The van der Waals surface area contributed by atoms with Crippen LogP contribution in [0.1, 0.15) is 53.6 Å². The Labute approximate surface area is 221 Å². The number of benzene rings is 3. The van der Waals surface area contributed by atoms with Crippen LogP contribution in [0.25, 0.3) is 0 Å². The van der Waals surface area contributed by atoms with Gasteiger partial charge in [-0.2, -0.15) is 0 Å². The van der Waals surface area contributed by atoms with Gasteiger partial charge in [-0.25, -0.2) is 4.79 Å². The first kappa shape index (κ1) is 25.3. The Kier molecular flexibility index (Phi) is 7.53. The highest BCUT2D eigenvalue weighted by Gasteiger charge is 2.24. The first-order valence-electron chi connectivity index (χ1n) is 13.1. The van der Waals surface area contributed by atoms with Crippen LogP contribution < -0.4 is 20.9 Å². The summed E-state index contributed by atoms with van der Waals surface area (Å²) in [6.07, 6.45) is 6.29. The Hall–Kier alpha value is -4.40. The number of anilines is 3. The molecule has 2 aliphatic rings. The van der Waals surface area contributed by atoms with E-state index in [1.807, 2.05) is 12.1 Å². The molecule has 0 bridgehead atoms. The first-order valence-corrected chi connectivity index (χ1v) is 13.1. The zero-order valence-corrected chi connectivity index (χ0v) is 21.1. The first-order chi connectivity index (χ1) is 18.5.